The maximum Gasteiger partial charge on any atom is 0.0409 e. The molecule has 0 heterocycles. The van der Waals surface area contributed by atoms with Crippen molar-refractivity contribution >= 4 is 0 Å². The van der Waals surface area contributed by atoms with Crippen LogP contribution in [0, 0.1) is 0 Å². The van der Waals surface area contributed by atoms with E-state index < -0.39 is 0 Å². The van der Waals surface area contributed by atoms with Crippen LogP contribution in [0.3, 0.4) is 0 Å². The summed E-state index contributed by atoms with van der Waals surface area (Å²) in [5.74, 6) is 0.659. The van der Waals surface area contributed by atoms with Crippen molar-refractivity contribution in [3.8, 4) is 0 Å². The Morgan fingerprint density at radius 1 is 1.19 bits per heavy atom. The molecule has 0 spiro atoms. The van der Waals surface area contributed by atoms with Gasteiger partial charge < -0.3 is 5.73 Å². The van der Waals surface area contributed by atoms with Crippen molar-refractivity contribution in [1.29, 1.82) is 0 Å². The predicted molar refractivity (Wildman–Crippen MR) is 69.5 cm³/mol. The minimum absolute atomic E-state index is 0.0337. The van der Waals surface area contributed by atoms with Crippen molar-refractivity contribution in [2.24, 2.45) is 5.73 Å². The average molecular weight is 217 g/mol. The molecule has 1 heteroatoms. The molecule has 0 amide bonds. The smallest absolute Gasteiger partial charge is 0.0409 e. The first-order chi connectivity index (χ1) is 7.65. The fourth-order valence-electron chi connectivity index (χ4n) is 2.67. The molecule has 0 radical (unpaired) electrons. The molecule has 1 aromatic carbocycles. The van der Waals surface area contributed by atoms with E-state index in [0.29, 0.717) is 5.92 Å². The van der Waals surface area contributed by atoms with E-state index >= 15 is 0 Å². The largest absolute Gasteiger partial charge is 0.321 e. The summed E-state index contributed by atoms with van der Waals surface area (Å²) >= 11 is 0. The van der Waals surface area contributed by atoms with Gasteiger partial charge in [-0.1, -0.05) is 51.0 Å². The molecule has 1 aromatic rings. The van der Waals surface area contributed by atoms with Gasteiger partial charge in [-0.3, -0.25) is 0 Å². The zero-order valence-electron chi connectivity index (χ0n) is 10.5. The van der Waals surface area contributed by atoms with Crippen LogP contribution in [-0.4, -0.2) is 0 Å². The van der Waals surface area contributed by atoms with Crippen LogP contribution in [0.25, 0.3) is 0 Å². The van der Waals surface area contributed by atoms with Gasteiger partial charge >= 0.3 is 0 Å². The van der Waals surface area contributed by atoms with Crippen LogP contribution in [-0.2, 0) is 5.54 Å². The minimum atomic E-state index is -0.0337. The number of benzene rings is 1. The Hall–Kier alpha value is -0.820. The van der Waals surface area contributed by atoms with Crippen LogP contribution in [0.15, 0.2) is 24.3 Å². The van der Waals surface area contributed by atoms with Crippen molar-refractivity contribution in [3.63, 3.8) is 0 Å². The highest BCUT2D eigenvalue weighted by Gasteiger charge is 2.30. The highest BCUT2D eigenvalue weighted by Crippen LogP contribution is 2.36. The molecule has 1 nitrogen and oxygen atoms in total. The normalized spacial score (nSPS) is 20.9. The van der Waals surface area contributed by atoms with E-state index in [-0.39, 0.29) is 5.54 Å². The molecule has 16 heavy (non-hydrogen) atoms. The average Bonchev–Trinajstić information content (AvgIpc) is 2.77. The van der Waals surface area contributed by atoms with E-state index in [1.165, 1.54) is 30.4 Å². The Labute approximate surface area is 99.0 Å². The van der Waals surface area contributed by atoms with E-state index in [2.05, 4.69) is 38.1 Å². The summed E-state index contributed by atoms with van der Waals surface area (Å²) in [7, 11) is 0. The summed E-state index contributed by atoms with van der Waals surface area (Å²) < 4.78 is 0. The second kappa shape index (κ2) is 4.58. The molecule has 2 rings (SSSR count). The summed E-state index contributed by atoms with van der Waals surface area (Å²) in [4.78, 5) is 0. The van der Waals surface area contributed by atoms with Gasteiger partial charge in [-0.15, -0.1) is 0 Å². The lowest BCUT2D eigenvalue weighted by atomic mass is 9.87. The van der Waals surface area contributed by atoms with Crippen LogP contribution < -0.4 is 5.73 Å². The van der Waals surface area contributed by atoms with Gasteiger partial charge in [-0.25, -0.2) is 0 Å². The van der Waals surface area contributed by atoms with E-state index in [1.807, 2.05) is 0 Å². The molecule has 1 fully saturated rings. The topological polar surface area (TPSA) is 26.0 Å². The molecular weight excluding hydrogens is 194 g/mol. The maximum absolute atomic E-state index is 6.44. The van der Waals surface area contributed by atoms with E-state index in [1.54, 1.807) is 0 Å². The highest BCUT2D eigenvalue weighted by atomic mass is 14.8. The molecule has 1 atom stereocenters. The Morgan fingerprint density at radius 2 is 1.75 bits per heavy atom. The summed E-state index contributed by atoms with van der Waals surface area (Å²) in [5, 5.41) is 0. The van der Waals surface area contributed by atoms with Gasteiger partial charge in [0.2, 0.25) is 0 Å². The number of nitrogens with two attached hydrogens (primary N) is 1. The highest BCUT2D eigenvalue weighted by molar-refractivity contribution is 5.30. The van der Waals surface area contributed by atoms with Crippen LogP contribution in [0.5, 0.6) is 0 Å². The van der Waals surface area contributed by atoms with Crippen LogP contribution in [0.1, 0.15) is 63.0 Å². The molecule has 0 aromatic heterocycles. The maximum atomic E-state index is 6.44. The Morgan fingerprint density at radius 3 is 2.25 bits per heavy atom. The second-order valence-electron chi connectivity index (χ2n) is 5.29. The molecular formula is C15H23N. The summed E-state index contributed by atoms with van der Waals surface area (Å²) in [5.41, 5.74) is 9.17. The van der Waals surface area contributed by atoms with Crippen molar-refractivity contribution in [3.05, 3.63) is 35.4 Å². The third kappa shape index (κ3) is 2.15. The number of rotatable bonds is 3. The molecule has 1 saturated carbocycles. The Bertz CT molecular complexity index is 333. The van der Waals surface area contributed by atoms with Gasteiger partial charge in [0.05, 0.1) is 0 Å². The number of hydrogen-bond donors (Lipinski definition) is 1. The minimum Gasteiger partial charge on any atom is -0.321 e. The standard InChI is InChI=1S/C15H23N/c1-3-12(2)13-6-8-14(9-7-13)15(16)10-4-5-11-15/h6-9,12H,3-5,10-11,16H2,1-2H3. The quantitative estimate of drug-likeness (QED) is 0.815. The van der Waals surface area contributed by atoms with Crippen LogP contribution >= 0.6 is 0 Å². The first-order valence-electron chi connectivity index (χ1n) is 6.55. The molecule has 88 valence electrons. The lowest BCUT2D eigenvalue weighted by molar-refractivity contribution is 0.461. The van der Waals surface area contributed by atoms with E-state index in [4.69, 9.17) is 5.73 Å². The summed E-state index contributed by atoms with van der Waals surface area (Å²) in [6, 6.07) is 9.01. The SMILES string of the molecule is CCC(C)c1ccc(C2(N)CCCC2)cc1. The van der Waals surface area contributed by atoms with E-state index in [0.717, 1.165) is 12.8 Å². The lowest BCUT2D eigenvalue weighted by Gasteiger charge is -2.24. The van der Waals surface area contributed by atoms with Crippen LogP contribution in [0.2, 0.25) is 0 Å². The van der Waals surface area contributed by atoms with Crippen molar-refractivity contribution in [2.45, 2.75) is 57.4 Å². The Balaban J connectivity index is 2.18. The Kier molecular flexibility index (Phi) is 3.34. The van der Waals surface area contributed by atoms with Crippen molar-refractivity contribution in [2.75, 3.05) is 0 Å². The molecule has 1 unspecified atom stereocenters. The molecule has 0 aliphatic heterocycles. The van der Waals surface area contributed by atoms with Crippen LogP contribution in [0.4, 0.5) is 0 Å². The zero-order valence-corrected chi connectivity index (χ0v) is 10.5. The summed E-state index contributed by atoms with van der Waals surface area (Å²) in [6.07, 6.45) is 6.06. The lowest BCUT2D eigenvalue weighted by Crippen LogP contribution is -2.32. The van der Waals surface area contributed by atoms with Gasteiger partial charge in [0.15, 0.2) is 0 Å². The molecule has 1 aliphatic rings. The third-order valence-corrected chi connectivity index (χ3v) is 4.16. The summed E-state index contributed by atoms with van der Waals surface area (Å²) in [6.45, 7) is 4.52. The zero-order chi connectivity index (χ0) is 11.6. The predicted octanol–water partition coefficient (Wildman–Crippen LogP) is 3.93. The molecule has 2 N–H and O–H groups in total. The van der Waals surface area contributed by atoms with Gasteiger partial charge in [-0.05, 0) is 36.3 Å². The number of hydrogen-bond acceptors (Lipinski definition) is 1. The fourth-order valence-corrected chi connectivity index (χ4v) is 2.67. The molecule has 1 aliphatic carbocycles. The van der Waals surface area contributed by atoms with Gasteiger partial charge in [0.25, 0.3) is 0 Å². The molecule has 0 bridgehead atoms. The van der Waals surface area contributed by atoms with Crippen molar-refractivity contribution < 1.29 is 0 Å². The third-order valence-electron chi connectivity index (χ3n) is 4.16. The van der Waals surface area contributed by atoms with Gasteiger partial charge in [0.1, 0.15) is 0 Å². The van der Waals surface area contributed by atoms with Gasteiger partial charge in [-0.2, -0.15) is 0 Å². The second-order valence-corrected chi connectivity index (χ2v) is 5.29. The fraction of sp³-hybridized carbons (Fsp3) is 0.600. The first-order valence-corrected chi connectivity index (χ1v) is 6.55. The molecule has 0 saturated heterocycles. The van der Waals surface area contributed by atoms with Crippen molar-refractivity contribution in [1.82, 2.24) is 0 Å². The monoisotopic (exact) mass is 217 g/mol. The van der Waals surface area contributed by atoms with E-state index in [9.17, 15) is 0 Å². The van der Waals surface area contributed by atoms with Gasteiger partial charge in [0, 0.05) is 5.54 Å². The first kappa shape index (κ1) is 11.7.